The van der Waals surface area contributed by atoms with Crippen LogP contribution in [0.25, 0.3) is 11.3 Å². The quantitative estimate of drug-likeness (QED) is 0.844. The van der Waals surface area contributed by atoms with Crippen molar-refractivity contribution in [3.05, 3.63) is 41.7 Å². The highest BCUT2D eigenvalue weighted by molar-refractivity contribution is 5.99. The van der Waals surface area contributed by atoms with Crippen LogP contribution in [0.3, 0.4) is 0 Å². The number of hydrogen-bond donors (Lipinski definition) is 1. The van der Waals surface area contributed by atoms with E-state index in [1.54, 1.807) is 13.8 Å². The molecule has 0 unspecified atom stereocenters. The Labute approximate surface area is 105 Å². The highest BCUT2D eigenvalue weighted by atomic mass is 16.5. The summed E-state index contributed by atoms with van der Waals surface area (Å²) in [5.41, 5.74) is 7.46. The van der Waals surface area contributed by atoms with E-state index in [0.29, 0.717) is 29.4 Å². The fraction of sp³-hybridized carbons (Fsp3) is 0.214. The van der Waals surface area contributed by atoms with Crippen LogP contribution in [0.2, 0.25) is 0 Å². The maximum atomic E-state index is 11.8. The first-order chi connectivity index (χ1) is 8.65. The summed E-state index contributed by atoms with van der Waals surface area (Å²) in [7, 11) is 0. The molecule has 0 radical (unpaired) electrons. The van der Waals surface area contributed by atoms with Crippen LogP contribution in [0.4, 0.5) is 5.69 Å². The lowest BCUT2D eigenvalue weighted by atomic mass is 10.1. The molecular formula is C14H15NO3. The van der Waals surface area contributed by atoms with Crippen molar-refractivity contribution < 1.29 is 13.9 Å². The highest BCUT2D eigenvalue weighted by Crippen LogP contribution is 2.33. The van der Waals surface area contributed by atoms with Gasteiger partial charge >= 0.3 is 5.97 Å². The molecule has 0 aliphatic carbocycles. The second-order valence-corrected chi connectivity index (χ2v) is 3.86. The second kappa shape index (κ2) is 4.96. The normalized spacial score (nSPS) is 10.3. The predicted octanol–water partition coefficient (Wildman–Crippen LogP) is 3.01. The first kappa shape index (κ1) is 12.2. The van der Waals surface area contributed by atoms with E-state index in [-0.39, 0.29) is 0 Å². The molecule has 0 saturated carbocycles. The van der Waals surface area contributed by atoms with E-state index in [1.807, 2.05) is 30.3 Å². The van der Waals surface area contributed by atoms with Gasteiger partial charge in [-0.25, -0.2) is 4.79 Å². The van der Waals surface area contributed by atoms with Crippen LogP contribution < -0.4 is 5.73 Å². The molecule has 0 amide bonds. The minimum atomic E-state index is -0.446. The number of aryl methyl sites for hydroxylation is 1. The summed E-state index contributed by atoms with van der Waals surface area (Å²) in [6.45, 7) is 3.76. The predicted molar refractivity (Wildman–Crippen MR) is 69.2 cm³/mol. The SMILES string of the molecule is CCOC(=O)c1c(C)oc(-c2ccccc2)c1N. The molecule has 0 saturated heterocycles. The zero-order valence-electron chi connectivity index (χ0n) is 10.4. The Morgan fingerprint density at radius 2 is 2.00 bits per heavy atom. The Morgan fingerprint density at radius 1 is 1.33 bits per heavy atom. The van der Waals surface area contributed by atoms with Crippen LogP contribution in [0.15, 0.2) is 34.7 Å². The summed E-state index contributed by atoms with van der Waals surface area (Å²) in [5, 5.41) is 0. The van der Waals surface area contributed by atoms with E-state index in [4.69, 9.17) is 14.9 Å². The summed E-state index contributed by atoms with van der Waals surface area (Å²) in [5.74, 6) is 0.541. The van der Waals surface area contributed by atoms with E-state index >= 15 is 0 Å². The maximum absolute atomic E-state index is 11.8. The van der Waals surface area contributed by atoms with Gasteiger partial charge in [0.25, 0.3) is 0 Å². The van der Waals surface area contributed by atoms with E-state index < -0.39 is 5.97 Å². The van der Waals surface area contributed by atoms with E-state index in [1.165, 1.54) is 0 Å². The number of nitrogen functional groups attached to an aromatic ring is 1. The van der Waals surface area contributed by atoms with Crippen molar-refractivity contribution in [3.63, 3.8) is 0 Å². The molecule has 4 heteroatoms. The van der Waals surface area contributed by atoms with Gasteiger partial charge in [0.15, 0.2) is 5.76 Å². The number of rotatable bonds is 3. The largest absolute Gasteiger partial charge is 0.462 e. The number of nitrogens with two attached hydrogens (primary N) is 1. The van der Waals surface area contributed by atoms with Crippen LogP contribution >= 0.6 is 0 Å². The molecule has 2 rings (SSSR count). The van der Waals surface area contributed by atoms with Gasteiger partial charge in [-0.05, 0) is 13.8 Å². The van der Waals surface area contributed by atoms with Gasteiger partial charge in [0.2, 0.25) is 0 Å². The summed E-state index contributed by atoms with van der Waals surface area (Å²) in [6, 6.07) is 9.43. The average Bonchev–Trinajstić information content (AvgIpc) is 2.66. The summed E-state index contributed by atoms with van der Waals surface area (Å²) in [6.07, 6.45) is 0. The number of benzene rings is 1. The molecule has 0 bridgehead atoms. The monoisotopic (exact) mass is 245 g/mol. The molecule has 1 aromatic heterocycles. The first-order valence-corrected chi connectivity index (χ1v) is 5.76. The van der Waals surface area contributed by atoms with Crippen molar-refractivity contribution in [1.29, 1.82) is 0 Å². The minimum absolute atomic E-state index is 0.309. The van der Waals surface area contributed by atoms with Crippen LogP contribution in [0.1, 0.15) is 23.0 Å². The van der Waals surface area contributed by atoms with E-state index in [0.717, 1.165) is 5.56 Å². The molecule has 4 nitrogen and oxygen atoms in total. The lowest BCUT2D eigenvalue weighted by Gasteiger charge is -2.01. The zero-order chi connectivity index (χ0) is 13.1. The van der Waals surface area contributed by atoms with Crippen molar-refractivity contribution in [3.8, 4) is 11.3 Å². The van der Waals surface area contributed by atoms with Crippen molar-refractivity contribution in [2.75, 3.05) is 12.3 Å². The highest BCUT2D eigenvalue weighted by Gasteiger charge is 2.23. The number of ether oxygens (including phenoxy) is 1. The molecule has 1 aromatic carbocycles. The van der Waals surface area contributed by atoms with Gasteiger partial charge < -0.3 is 14.9 Å². The number of furan rings is 1. The third-order valence-corrected chi connectivity index (χ3v) is 2.64. The molecule has 2 aromatic rings. The standard InChI is InChI=1S/C14H15NO3/c1-3-17-14(16)11-9(2)18-13(12(11)15)10-7-5-4-6-8-10/h4-8H,3,15H2,1-2H3. The molecular weight excluding hydrogens is 230 g/mol. The molecule has 0 aliphatic rings. The van der Waals surface area contributed by atoms with Gasteiger partial charge in [0.1, 0.15) is 11.3 Å². The van der Waals surface area contributed by atoms with E-state index in [2.05, 4.69) is 0 Å². The number of anilines is 1. The van der Waals surface area contributed by atoms with Gasteiger partial charge in [0, 0.05) is 5.56 Å². The topological polar surface area (TPSA) is 65.5 Å². The first-order valence-electron chi connectivity index (χ1n) is 5.76. The Kier molecular flexibility index (Phi) is 3.37. The molecule has 94 valence electrons. The zero-order valence-corrected chi connectivity index (χ0v) is 10.4. The van der Waals surface area contributed by atoms with Crippen LogP contribution in [0.5, 0.6) is 0 Å². The lowest BCUT2D eigenvalue weighted by Crippen LogP contribution is -2.07. The summed E-state index contributed by atoms with van der Waals surface area (Å²) in [4.78, 5) is 11.8. The van der Waals surface area contributed by atoms with Crippen molar-refractivity contribution in [2.24, 2.45) is 0 Å². The number of carbonyl (C=O) groups is 1. The van der Waals surface area contributed by atoms with Gasteiger partial charge in [-0.3, -0.25) is 0 Å². The number of carbonyl (C=O) groups excluding carboxylic acids is 1. The second-order valence-electron chi connectivity index (χ2n) is 3.86. The Balaban J connectivity index is 2.47. The molecule has 18 heavy (non-hydrogen) atoms. The van der Waals surface area contributed by atoms with E-state index in [9.17, 15) is 4.79 Å². The third kappa shape index (κ3) is 2.09. The fourth-order valence-corrected chi connectivity index (χ4v) is 1.82. The summed E-state index contributed by atoms with van der Waals surface area (Å²) >= 11 is 0. The molecule has 2 N–H and O–H groups in total. The Morgan fingerprint density at radius 3 is 2.61 bits per heavy atom. The van der Waals surface area contributed by atoms with Crippen LogP contribution in [0, 0.1) is 6.92 Å². The fourth-order valence-electron chi connectivity index (χ4n) is 1.82. The van der Waals surface area contributed by atoms with Gasteiger partial charge in [-0.2, -0.15) is 0 Å². The van der Waals surface area contributed by atoms with Crippen molar-refractivity contribution >= 4 is 11.7 Å². The van der Waals surface area contributed by atoms with Gasteiger partial charge in [-0.15, -0.1) is 0 Å². The van der Waals surface area contributed by atoms with Crippen molar-refractivity contribution in [1.82, 2.24) is 0 Å². The third-order valence-electron chi connectivity index (χ3n) is 2.64. The van der Waals surface area contributed by atoms with Gasteiger partial charge in [0.05, 0.1) is 12.3 Å². The lowest BCUT2D eigenvalue weighted by molar-refractivity contribution is 0.0525. The molecule has 1 heterocycles. The maximum Gasteiger partial charge on any atom is 0.343 e. The molecule has 0 spiro atoms. The minimum Gasteiger partial charge on any atom is -0.462 e. The van der Waals surface area contributed by atoms with Crippen LogP contribution in [-0.4, -0.2) is 12.6 Å². The summed E-state index contributed by atoms with van der Waals surface area (Å²) < 4.78 is 10.5. The molecule has 0 atom stereocenters. The van der Waals surface area contributed by atoms with Gasteiger partial charge in [-0.1, -0.05) is 30.3 Å². The molecule has 0 fully saturated rings. The Hall–Kier alpha value is -2.23. The van der Waals surface area contributed by atoms with Crippen molar-refractivity contribution in [2.45, 2.75) is 13.8 Å². The molecule has 0 aliphatic heterocycles. The van der Waals surface area contributed by atoms with Crippen LogP contribution in [-0.2, 0) is 4.74 Å². The Bertz CT molecular complexity index is 558. The number of esters is 1. The smallest absolute Gasteiger partial charge is 0.343 e. The average molecular weight is 245 g/mol. The number of hydrogen-bond acceptors (Lipinski definition) is 4.